The van der Waals surface area contributed by atoms with E-state index in [2.05, 4.69) is 0 Å². The molecule has 1 rings (SSSR count). The molecule has 19 heavy (non-hydrogen) atoms. The van der Waals surface area contributed by atoms with Crippen LogP contribution in [0.2, 0.25) is 0 Å². The summed E-state index contributed by atoms with van der Waals surface area (Å²) in [4.78, 5) is 47.2. The highest BCUT2D eigenvalue weighted by atomic mass is 16.4. The van der Waals surface area contributed by atoms with Gasteiger partial charge in [0.05, 0.1) is 25.6 Å². The third-order valence-corrected chi connectivity index (χ3v) is 2.79. The predicted octanol–water partition coefficient (Wildman–Crippen LogP) is -1.01. The van der Waals surface area contributed by atoms with E-state index in [1.165, 1.54) is 0 Å². The van der Waals surface area contributed by atoms with Crippen molar-refractivity contribution >= 4 is 23.8 Å². The van der Waals surface area contributed by atoms with Crippen molar-refractivity contribution in [1.29, 1.82) is 0 Å². The molecule has 0 radical (unpaired) electrons. The molecule has 106 valence electrons. The van der Waals surface area contributed by atoms with Crippen LogP contribution in [0.5, 0.6) is 0 Å². The minimum absolute atomic E-state index is 0.183. The Kier molecular flexibility index (Phi) is 4.60. The summed E-state index contributed by atoms with van der Waals surface area (Å²) in [6, 6.07) is -1.34. The zero-order valence-corrected chi connectivity index (χ0v) is 10.7. The summed E-state index contributed by atoms with van der Waals surface area (Å²) >= 11 is 0. The summed E-state index contributed by atoms with van der Waals surface area (Å²) in [5.41, 5.74) is 0. The monoisotopic (exact) mass is 272 g/mol. The number of carbonyl (C=O) groups is 4. The van der Waals surface area contributed by atoms with E-state index >= 15 is 0 Å². The van der Waals surface area contributed by atoms with Gasteiger partial charge in [0.1, 0.15) is 0 Å². The van der Waals surface area contributed by atoms with Gasteiger partial charge in [0, 0.05) is 6.04 Å². The highest BCUT2D eigenvalue weighted by Gasteiger charge is 2.43. The predicted molar refractivity (Wildman–Crippen MR) is 62.2 cm³/mol. The minimum atomic E-state index is -1.25. The molecule has 1 unspecified atom stereocenters. The lowest BCUT2D eigenvalue weighted by Crippen LogP contribution is -2.47. The third-order valence-electron chi connectivity index (χ3n) is 2.79. The lowest BCUT2D eigenvalue weighted by molar-refractivity contribution is -0.144. The molecule has 0 bridgehead atoms. The fraction of sp³-hybridized carbons (Fsp3) is 0.636. The molecule has 0 aromatic rings. The van der Waals surface area contributed by atoms with Gasteiger partial charge in [-0.25, -0.2) is 0 Å². The molecule has 8 heteroatoms. The van der Waals surface area contributed by atoms with Crippen molar-refractivity contribution in [2.75, 3.05) is 13.1 Å². The minimum Gasteiger partial charge on any atom is -0.480 e. The van der Waals surface area contributed by atoms with Crippen LogP contribution in [0, 0.1) is 0 Å². The Hall–Kier alpha value is -1.96. The number of nitrogens with zero attached hydrogens (tertiary/aromatic N) is 2. The first-order valence-corrected chi connectivity index (χ1v) is 5.77. The topological polar surface area (TPSA) is 115 Å². The second-order valence-electron chi connectivity index (χ2n) is 4.61. The molecule has 1 atom stereocenters. The zero-order chi connectivity index (χ0) is 14.7. The number of imide groups is 1. The molecule has 1 aliphatic rings. The maximum Gasteiger partial charge on any atom is 0.317 e. The van der Waals surface area contributed by atoms with E-state index < -0.39 is 42.9 Å². The number of likely N-dealkylation sites (tertiary alicyclic amines) is 1. The van der Waals surface area contributed by atoms with E-state index in [1.54, 1.807) is 13.8 Å². The lowest BCUT2D eigenvalue weighted by Gasteiger charge is -2.24. The standard InChI is InChI=1S/C11H16N2O6/c1-6(2)13-8(14)3-7(11(13)19)12(4-9(15)16)5-10(17)18/h6-7H,3-5H2,1-2H3,(H,15,16)(H,17,18). The van der Waals surface area contributed by atoms with Gasteiger partial charge in [-0.1, -0.05) is 0 Å². The summed E-state index contributed by atoms with van der Waals surface area (Å²) in [5, 5.41) is 17.5. The number of carboxylic acid groups (broad SMARTS) is 2. The zero-order valence-electron chi connectivity index (χ0n) is 10.7. The average Bonchev–Trinajstić information content (AvgIpc) is 2.51. The van der Waals surface area contributed by atoms with Crippen molar-refractivity contribution in [3.8, 4) is 0 Å². The summed E-state index contributed by atoms with van der Waals surface area (Å²) in [5.74, 6) is -3.44. The molecule has 0 saturated carbocycles. The highest BCUT2D eigenvalue weighted by molar-refractivity contribution is 6.06. The van der Waals surface area contributed by atoms with E-state index in [1.807, 2.05) is 0 Å². The molecular weight excluding hydrogens is 256 g/mol. The van der Waals surface area contributed by atoms with Crippen molar-refractivity contribution in [1.82, 2.24) is 9.80 Å². The molecule has 1 heterocycles. The highest BCUT2D eigenvalue weighted by Crippen LogP contribution is 2.20. The maximum absolute atomic E-state index is 12.0. The van der Waals surface area contributed by atoms with E-state index in [0.717, 1.165) is 9.80 Å². The molecular formula is C11H16N2O6. The van der Waals surface area contributed by atoms with Crippen molar-refractivity contribution in [2.24, 2.45) is 0 Å². The van der Waals surface area contributed by atoms with Gasteiger partial charge in [-0.2, -0.15) is 0 Å². The van der Waals surface area contributed by atoms with Gasteiger partial charge in [0.25, 0.3) is 0 Å². The fourth-order valence-corrected chi connectivity index (χ4v) is 2.09. The second kappa shape index (κ2) is 5.79. The Balaban J connectivity index is 2.91. The van der Waals surface area contributed by atoms with Crippen LogP contribution in [-0.4, -0.2) is 68.9 Å². The van der Waals surface area contributed by atoms with Crippen molar-refractivity contribution in [2.45, 2.75) is 32.4 Å². The van der Waals surface area contributed by atoms with Crippen LogP contribution in [0.25, 0.3) is 0 Å². The number of hydrogen-bond acceptors (Lipinski definition) is 5. The number of aliphatic carboxylic acids is 2. The molecule has 0 aromatic heterocycles. The number of hydrogen-bond donors (Lipinski definition) is 2. The third kappa shape index (κ3) is 3.50. The van der Waals surface area contributed by atoms with Gasteiger partial charge in [0.15, 0.2) is 0 Å². The van der Waals surface area contributed by atoms with E-state index in [4.69, 9.17) is 10.2 Å². The number of carboxylic acids is 2. The molecule has 0 aromatic carbocycles. The van der Waals surface area contributed by atoms with E-state index in [0.29, 0.717) is 0 Å². The van der Waals surface area contributed by atoms with Crippen LogP contribution in [0.15, 0.2) is 0 Å². The quantitative estimate of drug-likeness (QED) is 0.595. The molecule has 2 amide bonds. The Morgan fingerprint density at radius 1 is 1.26 bits per heavy atom. The fourth-order valence-electron chi connectivity index (χ4n) is 2.09. The molecule has 0 spiro atoms. The van der Waals surface area contributed by atoms with Gasteiger partial charge in [-0.15, -0.1) is 0 Å². The molecule has 1 aliphatic heterocycles. The van der Waals surface area contributed by atoms with E-state index in [9.17, 15) is 19.2 Å². The number of amides is 2. The smallest absolute Gasteiger partial charge is 0.317 e. The summed E-state index contributed by atoms with van der Waals surface area (Å²) < 4.78 is 0. The average molecular weight is 272 g/mol. The van der Waals surface area contributed by atoms with Crippen LogP contribution >= 0.6 is 0 Å². The van der Waals surface area contributed by atoms with Gasteiger partial charge in [0.2, 0.25) is 11.8 Å². The Morgan fingerprint density at radius 3 is 2.05 bits per heavy atom. The summed E-state index contributed by atoms with van der Waals surface area (Å²) in [7, 11) is 0. The molecule has 8 nitrogen and oxygen atoms in total. The normalized spacial score (nSPS) is 19.6. The first kappa shape index (κ1) is 15.1. The van der Waals surface area contributed by atoms with E-state index in [-0.39, 0.29) is 12.5 Å². The van der Waals surface area contributed by atoms with Crippen molar-refractivity contribution in [3.63, 3.8) is 0 Å². The maximum atomic E-state index is 12.0. The van der Waals surface area contributed by atoms with Crippen molar-refractivity contribution in [3.05, 3.63) is 0 Å². The molecule has 2 N–H and O–H groups in total. The van der Waals surface area contributed by atoms with Gasteiger partial charge >= 0.3 is 11.9 Å². The van der Waals surface area contributed by atoms with Crippen LogP contribution in [0.4, 0.5) is 0 Å². The lowest BCUT2D eigenvalue weighted by atomic mass is 10.2. The Morgan fingerprint density at radius 2 is 1.74 bits per heavy atom. The summed E-state index contributed by atoms with van der Waals surface area (Å²) in [6.45, 7) is 2.14. The largest absolute Gasteiger partial charge is 0.480 e. The number of carbonyl (C=O) groups excluding carboxylic acids is 2. The molecule has 1 fully saturated rings. The van der Waals surface area contributed by atoms with Gasteiger partial charge < -0.3 is 10.2 Å². The Bertz CT molecular complexity index is 403. The Labute approximate surface area is 109 Å². The second-order valence-corrected chi connectivity index (χ2v) is 4.61. The molecule has 0 aliphatic carbocycles. The number of rotatable bonds is 6. The van der Waals surface area contributed by atoms with Gasteiger partial charge in [-0.05, 0) is 13.8 Å². The first-order valence-electron chi connectivity index (χ1n) is 5.77. The molecule has 1 saturated heterocycles. The van der Waals surface area contributed by atoms with Crippen LogP contribution in [-0.2, 0) is 19.2 Å². The van der Waals surface area contributed by atoms with Crippen LogP contribution < -0.4 is 0 Å². The van der Waals surface area contributed by atoms with Crippen LogP contribution in [0.3, 0.4) is 0 Å². The summed E-state index contributed by atoms with van der Waals surface area (Å²) in [6.07, 6.45) is -0.183. The first-order chi connectivity index (χ1) is 8.73. The SMILES string of the molecule is CC(C)N1C(=O)CC(N(CC(=O)O)CC(=O)O)C1=O. The van der Waals surface area contributed by atoms with Crippen LogP contribution in [0.1, 0.15) is 20.3 Å². The van der Waals surface area contributed by atoms with Gasteiger partial charge in [-0.3, -0.25) is 29.0 Å². The van der Waals surface area contributed by atoms with Crippen molar-refractivity contribution < 1.29 is 29.4 Å².